The van der Waals surface area contributed by atoms with Gasteiger partial charge in [-0.1, -0.05) is 12.1 Å². The topological polar surface area (TPSA) is 165 Å². The Labute approximate surface area is 185 Å². The molecule has 33 heavy (non-hydrogen) atoms. The van der Waals surface area contributed by atoms with Gasteiger partial charge in [-0.3, -0.25) is 14.2 Å². The molecule has 0 unspecified atom stereocenters. The Bertz CT molecular complexity index is 1480. The Morgan fingerprint density at radius 1 is 1.30 bits per heavy atom. The largest absolute Gasteiger partial charge is 0.466 e. The normalized spacial score (nSPS) is 14.1. The zero-order valence-corrected chi connectivity index (χ0v) is 17.2. The summed E-state index contributed by atoms with van der Waals surface area (Å²) in [5, 5.41) is 32.3. The minimum Gasteiger partial charge on any atom is -0.466 e. The van der Waals surface area contributed by atoms with Crippen molar-refractivity contribution >= 4 is 22.6 Å². The van der Waals surface area contributed by atoms with Gasteiger partial charge in [0.1, 0.15) is 24.1 Å². The van der Waals surface area contributed by atoms with Gasteiger partial charge in [-0.05, 0) is 16.8 Å². The maximum Gasteiger partial charge on any atom is 0.281 e. The van der Waals surface area contributed by atoms with Crippen molar-refractivity contribution in [3.63, 3.8) is 0 Å². The molecule has 0 bridgehead atoms. The molecule has 4 heterocycles. The monoisotopic (exact) mass is 448 g/mol. The molecule has 13 heteroatoms. The van der Waals surface area contributed by atoms with Gasteiger partial charge in [0, 0.05) is 18.5 Å². The van der Waals surface area contributed by atoms with E-state index in [2.05, 4.69) is 20.4 Å². The third-order valence-corrected chi connectivity index (χ3v) is 5.20. The van der Waals surface area contributed by atoms with E-state index in [1.807, 2.05) is 6.07 Å². The minimum absolute atomic E-state index is 0.00669. The van der Waals surface area contributed by atoms with Crippen molar-refractivity contribution in [3.05, 3.63) is 58.1 Å². The van der Waals surface area contributed by atoms with Gasteiger partial charge in [-0.2, -0.15) is 10.1 Å². The molecule has 0 saturated carbocycles. The molecule has 166 valence electrons. The number of fused-ring (bicyclic) bond motifs is 2. The summed E-state index contributed by atoms with van der Waals surface area (Å²) in [6.45, 7) is -0.205. The van der Waals surface area contributed by atoms with Crippen molar-refractivity contribution in [1.29, 1.82) is 5.26 Å². The highest BCUT2D eigenvalue weighted by Crippen LogP contribution is 2.25. The number of benzene rings is 1. The predicted molar refractivity (Wildman–Crippen MR) is 110 cm³/mol. The number of hydrogen-bond acceptors (Lipinski definition) is 10. The number of carbonyl (C=O) groups excluding carboxylic acids is 1. The second-order valence-corrected chi connectivity index (χ2v) is 7.37. The Kier molecular flexibility index (Phi) is 4.83. The van der Waals surface area contributed by atoms with Crippen LogP contribution >= 0.6 is 0 Å². The van der Waals surface area contributed by atoms with Gasteiger partial charge < -0.3 is 19.2 Å². The van der Waals surface area contributed by atoms with Crippen LogP contribution in [0, 0.1) is 11.3 Å². The summed E-state index contributed by atoms with van der Waals surface area (Å²) < 4.78 is 11.8. The number of amides is 1. The third-order valence-electron chi connectivity index (χ3n) is 5.20. The van der Waals surface area contributed by atoms with Gasteiger partial charge in [0.15, 0.2) is 18.1 Å². The maximum absolute atomic E-state index is 12.8. The van der Waals surface area contributed by atoms with E-state index in [0.717, 1.165) is 5.39 Å². The lowest BCUT2D eigenvalue weighted by Crippen LogP contribution is -2.41. The predicted octanol–water partition coefficient (Wildman–Crippen LogP) is -0.0152. The fourth-order valence-electron chi connectivity index (χ4n) is 3.46. The first kappa shape index (κ1) is 20.3. The molecular formula is C20H16N8O5. The van der Waals surface area contributed by atoms with Crippen molar-refractivity contribution < 1.29 is 19.1 Å². The minimum atomic E-state index is -0.961. The Morgan fingerprint density at radius 2 is 2.15 bits per heavy atom. The zero-order valence-electron chi connectivity index (χ0n) is 17.2. The van der Waals surface area contributed by atoms with Crippen LogP contribution in [0.5, 0.6) is 5.88 Å². The molecule has 1 N–H and O–H groups in total. The second kappa shape index (κ2) is 7.84. The number of aliphatic hydroxyl groups excluding tert-OH is 1. The number of aromatic nitrogens is 6. The number of aliphatic hydroxyl groups is 1. The molecule has 3 aromatic heterocycles. The first-order chi connectivity index (χ1) is 15.9. The number of nitrogens with zero attached hydrogens (tertiary/aromatic N) is 8. The van der Waals surface area contributed by atoms with E-state index in [0.29, 0.717) is 11.1 Å². The van der Waals surface area contributed by atoms with Crippen LogP contribution in [-0.4, -0.2) is 54.4 Å². The van der Waals surface area contributed by atoms with E-state index in [1.54, 1.807) is 24.3 Å². The van der Waals surface area contributed by atoms with Crippen molar-refractivity contribution in [2.45, 2.75) is 19.2 Å². The number of furan rings is 1. The van der Waals surface area contributed by atoms with E-state index in [9.17, 15) is 14.7 Å². The van der Waals surface area contributed by atoms with Gasteiger partial charge in [0.2, 0.25) is 11.6 Å². The zero-order chi connectivity index (χ0) is 23.1. The fraction of sp³-hybridized carbons (Fsp3) is 0.250. The lowest BCUT2D eigenvalue weighted by molar-refractivity contribution is -0.121. The smallest absolute Gasteiger partial charge is 0.281 e. The van der Waals surface area contributed by atoms with Crippen molar-refractivity contribution in [2.24, 2.45) is 0 Å². The lowest BCUT2D eigenvalue weighted by Gasteiger charge is -2.24. The third kappa shape index (κ3) is 3.68. The molecule has 1 amide bonds. The molecule has 0 fully saturated rings. The molecule has 0 radical (unpaired) electrons. The number of carbonyl (C=O) groups is 1. The molecule has 5 rings (SSSR count). The van der Waals surface area contributed by atoms with Crippen LogP contribution in [0.3, 0.4) is 0 Å². The van der Waals surface area contributed by atoms with Gasteiger partial charge in [0.05, 0.1) is 13.1 Å². The second-order valence-electron chi connectivity index (χ2n) is 7.37. The number of nitriles is 1. The number of anilines is 1. The molecule has 1 aromatic carbocycles. The fourth-order valence-corrected chi connectivity index (χ4v) is 3.46. The van der Waals surface area contributed by atoms with Crippen LogP contribution < -0.4 is 15.2 Å². The number of rotatable bonds is 5. The van der Waals surface area contributed by atoms with Crippen LogP contribution in [0.2, 0.25) is 0 Å². The Hall–Kier alpha value is -4.57. The van der Waals surface area contributed by atoms with E-state index in [1.165, 1.54) is 27.6 Å². The van der Waals surface area contributed by atoms with Crippen molar-refractivity contribution in [1.82, 2.24) is 29.8 Å². The number of hydrogen-bond donors (Lipinski definition) is 1. The first-order valence-corrected chi connectivity index (χ1v) is 9.80. The van der Waals surface area contributed by atoms with Gasteiger partial charge in [-0.15, -0.1) is 10.2 Å². The highest BCUT2D eigenvalue weighted by Gasteiger charge is 2.27. The SMILES string of the molecule is CN1C(=O)COc2ncn(Cc3nnn(C[C@H](O)c4ccc5cc(C#N)oc5c4)n3)c(=O)c21. The molecule has 4 aromatic rings. The summed E-state index contributed by atoms with van der Waals surface area (Å²) >= 11 is 0. The van der Waals surface area contributed by atoms with Gasteiger partial charge >= 0.3 is 0 Å². The van der Waals surface area contributed by atoms with Gasteiger partial charge in [-0.25, -0.2) is 4.98 Å². The van der Waals surface area contributed by atoms with Crippen LogP contribution in [0.1, 0.15) is 23.3 Å². The summed E-state index contributed by atoms with van der Waals surface area (Å²) in [6.07, 6.45) is 0.325. The molecule has 0 aliphatic carbocycles. The first-order valence-electron chi connectivity index (χ1n) is 9.80. The average molecular weight is 448 g/mol. The molecule has 0 spiro atoms. The summed E-state index contributed by atoms with van der Waals surface area (Å²) in [4.78, 5) is 31.1. The Balaban J connectivity index is 1.32. The van der Waals surface area contributed by atoms with Crippen LogP contribution in [-0.2, 0) is 17.9 Å². The highest BCUT2D eigenvalue weighted by molar-refractivity contribution is 5.96. The van der Waals surface area contributed by atoms with E-state index in [-0.39, 0.29) is 48.8 Å². The van der Waals surface area contributed by atoms with E-state index < -0.39 is 11.7 Å². The van der Waals surface area contributed by atoms with Crippen LogP contribution in [0.15, 0.2) is 39.8 Å². The quantitative estimate of drug-likeness (QED) is 0.439. The molecule has 1 aliphatic rings. The summed E-state index contributed by atoms with van der Waals surface area (Å²) in [5.41, 5.74) is 0.616. The summed E-state index contributed by atoms with van der Waals surface area (Å²) in [5.74, 6) is 0.146. The number of tetrazole rings is 1. The molecule has 1 atom stereocenters. The van der Waals surface area contributed by atoms with Gasteiger partial charge in [0.25, 0.3) is 11.5 Å². The van der Waals surface area contributed by atoms with Crippen LogP contribution in [0.25, 0.3) is 11.0 Å². The molecule has 0 saturated heterocycles. The van der Waals surface area contributed by atoms with E-state index >= 15 is 0 Å². The highest BCUT2D eigenvalue weighted by atomic mass is 16.5. The molecule has 13 nitrogen and oxygen atoms in total. The lowest BCUT2D eigenvalue weighted by atomic mass is 10.1. The number of ether oxygens (including phenoxy) is 1. The van der Waals surface area contributed by atoms with Crippen molar-refractivity contribution in [2.75, 3.05) is 18.6 Å². The average Bonchev–Trinajstić information content (AvgIpc) is 3.43. The summed E-state index contributed by atoms with van der Waals surface area (Å²) in [7, 11) is 1.48. The standard InChI is InChI=1S/C20H16N8O5/c1-26-17(30)9-32-19-18(26)20(31)27(10-22-19)8-16-23-25-28(24-16)7-14(29)11-2-3-12-4-13(6-21)33-15(12)5-11/h2-5,10,14,29H,7-9H2,1H3/t14-/m0/s1. The number of likely N-dealkylation sites (N-methyl/N-ethyl adjacent to an activating group) is 1. The summed E-state index contributed by atoms with van der Waals surface area (Å²) in [6, 6.07) is 8.68. The maximum atomic E-state index is 12.8. The Morgan fingerprint density at radius 3 is 2.97 bits per heavy atom. The van der Waals surface area contributed by atoms with Crippen LogP contribution in [0.4, 0.5) is 5.69 Å². The van der Waals surface area contributed by atoms with E-state index in [4.69, 9.17) is 14.4 Å². The molecular weight excluding hydrogens is 432 g/mol. The molecule has 1 aliphatic heterocycles. The van der Waals surface area contributed by atoms with Crippen molar-refractivity contribution in [3.8, 4) is 11.9 Å².